The molecule has 116 valence electrons. The van der Waals surface area contributed by atoms with Gasteiger partial charge in [-0.25, -0.2) is 8.42 Å². The topological polar surface area (TPSA) is 49.4 Å². The third-order valence-corrected chi connectivity index (χ3v) is 5.22. The number of nitrogens with one attached hydrogen (secondary N) is 1. The number of hydrogen-bond acceptors (Lipinski definition) is 3. The van der Waals surface area contributed by atoms with Gasteiger partial charge in [-0.3, -0.25) is 4.72 Å². The van der Waals surface area contributed by atoms with Gasteiger partial charge in [0.05, 0.1) is 11.4 Å². The van der Waals surface area contributed by atoms with Gasteiger partial charge in [0.15, 0.2) is 0 Å². The zero-order chi connectivity index (χ0) is 15.7. The highest BCUT2D eigenvalue weighted by atomic mass is 32.2. The summed E-state index contributed by atoms with van der Waals surface area (Å²) in [6.45, 7) is 2.96. The maximum absolute atomic E-state index is 12.3. The zero-order valence-corrected chi connectivity index (χ0v) is 13.7. The number of nitrogens with zero attached hydrogens (tertiary/aromatic N) is 1. The van der Waals surface area contributed by atoms with Gasteiger partial charge < -0.3 is 4.90 Å². The average molecular weight is 316 g/mol. The molecule has 0 spiro atoms. The summed E-state index contributed by atoms with van der Waals surface area (Å²) in [7, 11) is -1.38. The number of fused-ring (bicyclic) bond motifs is 1. The summed E-state index contributed by atoms with van der Waals surface area (Å²) >= 11 is 0. The van der Waals surface area contributed by atoms with Crippen molar-refractivity contribution in [3.63, 3.8) is 0 Å². The van der Waals surface area contributed by atoms with Gasteiger partial charge in [0, 0.05) is 19.3 Å². The molecule has 22 heavy (non-hydrogen) atoms. The van der Waals surface area contributed by atoms with E-state index in [1.807, 2.05) is 56.4 Å². The van der Waals surface area contributed by atoms with Gasteiger partial charge in [0.2, 0.25) is 10.0 Å². The molecule has 0 bridgehead atoms. The lowest BCUT2D eigenvalue weighted by atomic mass is 10.1. The maximum Gasteiger partial charge on any atom is 0.236 e. The SMILES string of the molecule is Cc1ccc(CS(=O)(=O)Nc2ccc3c(c2)N(C)CC3)cc1. The lowest BCUT2D eigenvalue weighted by Gasteiger charge is -2.14. The largest absolute Gasteiger partial charge is 0.374 e. The average Bonchev–Trinajstić information content (AvgIpc) is 2.82. The van der Waals surface area contributed by atoms with E-state index in [2.05, 4.69) is 9.62 Å². The first-order valence-electron chi connectivity index (χ1n) is 7.33. The molecule has 0 amide bonds. The van der Waals surface area contributed by atoms with Gasteiger partial charge in [-0.1, -0.05) is 35.9 Å². The van der Waals surface area contributed by atoms with Crippen molar-refractivity contribution in [3.8, 4) is 0 Å². The van der Waals surface area contributed by atoms with E-state index in [0.29, 0.717) is 5.69 Å². The molecule has 1 aliphatic rings. The first kappa shape index (κ1) is 14.9. The van der Waals surface area contributed by atoms with Crippen LogP contribution in [0.25, 0.3) is 0 Å². The van der Waals surface area contributed by atoms with Crippen molar-refractivity contribution >= 4 is 21.4 Å². The van der Waals surface area contributed by atoms with Gasteiger partial charge in [0.1, 0.15) is 0 Å². The molecule has 0 aliphatic carbocycles. The van der Waals surface area contributed by atoms with Crippen molar-refractivity contribution in [2.45, 2.75) is 19.1 Å². The van der Waals surface area contributed by atoms with Gasteiger partial charge in [-0.15, -0.1) is 0 Å². The Kier molecular flexibility index (Phi) is 3.83. The lowest BCUT2D eigenvalue weighted by molar-refractivity contribution is 0.600. The van der Waals surface area contributed by atoms with E-state index in [-0.39, 0.29) is 5.75 Å². The Morgan fingerprint density at radius 2 is 1.86 bits per heavy atom. The molecule has 4 nitrogen and oxygen atoms in total. The highest BCUT2D eigenvalue weighted by Crippen LogP contribution is 2.30. The number of sulfonamides is 1. The first-order valence-corrected chi connectivity index (χ1v) is 8.98. The van der Waals surface area contributed by atoms with Crippen molar-refractivity contribution in [2.24, 2.45) is 0 Å². The quantitative estimate of drug-likeness (QED) is 0.943. The molecule has 0 radical (unpaired) electrons. The van der Waals surface area contributed by atoms with Crippen LogP contribution in [-0.4, -0.2) is 22.0 Å². The molecule has 0 saturated carbocycles. The molecular weight excluding hydrogens is 296 g/mol. The van der Waals surface area contributed by atoms with E-state index >= 15 is 0 Å². The predicted molar refractivity (Wildman–Crippen MR) is 90.8 cm³/mol. The highest BCUT2D eigenvalue weighted by molar-refractivity contribution is 7.91. The van der Waals surface area contributed by atoms with E-state index in [9.17, 15) is 8.42 Å². The summed E-state index contributed by atoms with van der Waals surface area (Å²) < 4.78 is 27.3. The van der Waals surface area contributed by atoms with E-state index in [1.165, 1.54) is 5.56 Å². The fourth-order valence-electron chi connectivity index (χ4n) is 2.72. The Morgan fingerprint density at radius 1 is 1.14 bits per heavy atom. The Morgan fingerprint density at radius 3 is 2.59 bits per heavy atom. The molecule has 1 heterocycles. The fraction of sp³-hybridized carbons (Fsp3) is 0.294. The Balaban J connectivity index is 1.77. The third-order valence-electron chi connectivity index (χ3n) is 3.96. The summed E-state index contributed by atoms with van der Waals surface area (Å²) in [6.07, 6.45) is 1.02. The van der Waals surface area contributed by atoms with E-state index < -0.39 is 10.0 Å². The normalized spacial score (nSPS) is 14.0. The van der Waals surface area contributed by atoms with E-state index in [0.717, 1.165) is 29.8 Å². The number of rotatable bonds is 4. The monoisotopic (exact) mass is 316 g/mol. The van der Waals surface area contributed by atoms with Crippen LogP contribution in [0.15, 0.2) is 42.5 Å². The predicted octanol–water partition coefficient (Wildman–Crippen LogP) is 2.93. The van der Waals surface area contributed by atoms with Crippen LogP contribution in [0, 0.1) is 6.92 Å². The summed E-state index contributed by atoms with van der Waals surface area (Å²) in [5.74, 6) is -0.0137. The second-order valence-corrected chi connectivity index (χ2v) is 7.58. The smallest absolute Gasteiger partial charge is 0.236 e. The summed E-state index contributed by atoms with van der Waals surface area (Å²) in [5, 5.41) is 0. The Bertz CT molecular complexity index is 783. The molecule has 5 heteroatoms. The summed E-state index contributed by atoms with van der Waals surface area (Å²) in [5.41, 5.74) is 4.91. The fourth-order valence-corrected chi connectivity index (χ4v) is 3.91. The minimum atomic E-state index is -3.40. The van der Waals surface area contributed by atoms with Crippen molar-refractivity contribution in [1.82, 2.24) is 0 Å². The molecule has 2 aromatic rings. The standard InChI is InChI=1S/C17H20N2O2S/c1-13-3-5-14(6-4-13)12-22(20,21)18-16-8-7-15-9-10-19(2)17(15)11-16/h3-8,11,18H,9-10,12H2,1-2H3. The second-order valence-electron chi connectivity index (χ2n) is 5.86. The maximum atomic E-state index is 12.3. The van der Waals surface area contributed by atoms with Crippen LogP contribution in [0.1, 0.15) is 16.7 Å². The number of aryl methyl sites for hydroxylation is 1. The van der Waals surface area contributed by atoms with Crippen LogP contribution < -0.4 is 9.62 Å². The number of likely N-dealkylation sites (N-methyl/N-ethyl adjacent to an activating group) is 1. The minimum absolute atomic E-state index is 0.0137. The third kappa shape index (κ3) is 3.25. The van der Waals surface area contributed by atoms with Gasteiger partial charge in [-0.2, -0.15) is 0 Å². The molecule has 1 aliphatic heterocycles. The molecule has 3 rings (SSSR count). The molecule has 0 fully saturated rings. The first-order chi connectivity index (χ1) is 10.4. The molecule has 0 unspecified atom stereocenters. The Hall–Kier alpha value is -2.01. The molecule has 0 atom stereocenters. The molecule has 0 aromatic heterocycles. The van der Waals surface area contributed by atoms with Crippen molar-refractivity contribution in [2.75, 3.05) is 23.2 Å². The molecular formula is C17H20N2O2S. The van der Waals surface area contributed by atoms with Crippen LogP contribution in [0.2, 0.25) is 0 Å². The van der Waals surface area contributed by atoms with Crippen LogP contribution in [0.5, 0.6) is 0 Å². The van der Waals surface area contributed by atoms with Crippen LogP contribution in [0.3, 0.4) is 0 Å². The number of anilines is 2. The summed E-state index contributed by atoms with van der Waals surface area (Å²) in [4.78, 5) is 2.15. The Labute approximate surface area is 131 Å². The van der Waals surface area contributed by atoms with Gasteiger partial charge in [0.25, 0.3) is 0 Å². The van der Waals surface area contributed by atoms with Crippen LogP contribution >= 0.6 is 0 Å². The van der Waals surface area contributed by atoms with Gasteiger partial charge in [-0.05, 0) is 36.6 Å². The highest BCUT2D eigenvalue weighted by Gasteiger charge is 2.18. The van der Waals surface area contributed by atoms with Gasteiger partial charge >= 0.3 is 0 Å². The van der Waals surface area contributed by atoms with Crippen LogP contribution in [0.4, 0.5) is 11.4 Å². The van der Waals surface area contributed by atoms with Crippen molar-refractivity contribution in [1.29, 1.82) is 0 Å². The van der Waals surface area contributed by atoms with Crippen molar-refractivity contribution in [3.05, 3.63) is 59.2 Å². The molecule has 0 saturated heterocycles. The van der Waals surface area contributed by atoms with Crippen molar-refractivity contribution < 1.29 is 8.42 Å². The summed E-state index contributed by atoms with van der Waals surface area (Å²) in [6, 6.07) is 13.3. The molecule has 1 N–H and O–H groups in total. The zero-order valence-electron chi connectivity index (χ0n) is 12.8. The van der Waals surface area contributed by atoms with E-state index in [4.69, 9.17) is 0 Å². The second kappa shape index (κ2) is 5.65. The lowest BCUT2D eigenvalue weighted by Crippen LogP contribution is -2.16. The number of benzene rings is 2. The minimum Gasteiger partial charge on any atom is -0.374 e. The van der Waals surface area contributed by atoms with E-state index in [1.54, 1.807) is 0 Å². The molecule has 2 aromatic carbocycles. The number of hydrogen-bond donors (Lipinski definition) is 1. The van der Waals surface area contributed by atoms with Crippen LogP contribution in [-0.2, 0) is 22.2 Å².